The first-order chi connectivity index (χ1) is 14.4. The number of anilines is 1. The number of carbonyl (C=O) groups excluding carboxylic acids is 1. The van der Waals surface area contributed by atoms with Crippen molar-refractivity contribution in [1.29, 1.82) is 0 Å². The summed E-state index contributed by atoms with van der Waals surface area (Å²) < 4.78 is 33.4. The van der Waals surface area contributed by atoms with Crippen molar-refractivity contribution in [1.82, 2.24) is 0 Å². The highest BCUT2D eigenvalue weighted by atomic mass is 32.2. The van der Waals surface area contributed by atoms with Gasteiger partial charge in [-0.2, -0.15) is 0 Å². The number of piperazine rings is 1. The SMILES string of the molecule is NS(=O)(=O)c1ccc(NC(=O)C[NH+]2CC[NH+](Cc3ccc4c(c3)OCO4)CC2)cc1. The topological polar surface area (TPSA) is 117 Å². The lowest BCUT2D eigenvalue weighted by Crippen LogP contribution is -3.28. The molecule has 2 aromatic carbocycles. The lowest BCUT2D eigenvalue weighted by Gasteiger charge is -2.29. The fourth-order valence-corrected chi connectivity index (χ4v) is 4.33. The van der Waals surface area contributed by atoms with E-state index in [1.165, 1.54) is 27.5 Å². The van der Waals surface area contributed by atoms with Crippen LogP contribution in [-0.4, -0.2) is 53.8 Å². The molecule has 2 aliphatic heterocycles. The molecule has 4 rings (SSSR count). The van der Waals surface area contributed by atoms with Gasteiger partial charge in [0, 0.05) is 11.3 Å². The molecule has 2 aliphatic rings. The van der Waals surface area contributed by atoms with E-state index in [0.29, 0.717) is 12.2 Å². The molecular formula is C20H26N4O5S+2. The number of fused-ring (bicyclic) bond motifs is 1. The molecule has 30 heavy (non-hydrogen) atoms. The van der Waals surface area contributed by atoms with Crippen molar-refractivity contribution >= 4 is 21.6 Å². The van der Waals surface area contributed by atoms with E-state index in [4.69, 9.17) is 14.6 Å². The minimum Gasteiger partial charge on any atom is -0.454 e. The van der Waals surface area contributed by atoms with Crippen molar-refractivity contribution < 1.29 is 32.5 Å². The van der Waals surface area contributed by atoms with Gasteiger partial charge in [0.15, 0.2) is 18.0 Å². The number of carbonyl (C=O) groups is 1. The summed E-state index contributed by atoms with van der Waals surface area (Å²) >= 11 is 0. The van der Waals surface area contributed by atoms with Gasteiger partial charge in [-0.3, -0.25) is 4.79 Å². The van der Waals surface area contributed by atoms with Gasteiger partial charge < -0.3 is 24.6 Å². The average molecular weight is 435 g/mol. The van der Waals surface area contributed by atoms with Crippen molar-refractivity contribution in [3.8, 4) is 11.5 Å². The highest BCUT2D eigenvalue weighted by Gasteiger charge is 2.25. The molecule has 0 saturated carbocycles. The first-order valence-electron chi connectivity index (χ1n) is 9.85. The molecule has 0 unspecified atom stereocenters. The molecular weight excluding hydrogens is 408 g/mol. The third-order valence-corrected chi connectivity index (χ3v) is 6.36. The van der Waals surface area contributed by atoms with E-state index in [2.05, 4.69) is 11.4 Å². The van der Waals surface area contributed by atoms with E-state index in [1.54, 1.807) is 12.1 Å². The van der Waals surface area contributed by atoms with Crippen LogP contribution in [0.4, 0.5) is 5.69 Å². The number of hydrogen-bond donors (Lipinski definition) is 4. The van der Waals surface area contributed by atoms with Crippen LogP contribution < -0.4 is 29.7 Å². The van der Waals surface area contributed by atoms with Gasteiger partial charge in [0.05, 0.1) is 4.90 Å². The van der Waals surface area contributed by atoms with Gasteiger partial charge in [-0.25, -0.2) is 13.6 Å². The van der Waals surface area contributed by atoms with Crippen LogP contribution in [0.1, 0.15) is 5.56 Å². The number of ether oxygens (including phenoxy) is 2. The number of rotatable bonds is 6. The molecule has 2 aromatic rings. The molecule has 160 valence electrons. The molecule has 0 radical (unpaired) electrons. The molecule has 1 saturated heterocycles. The molecule has 0 atom stereocenters. The van der Waals surface area contributed by atoms with Gasteiger partial charge in [0.25, 0.3) is 5.91 Å². The van der Waals surface area contributed by atoms with Crippen LogP contribution in [0, 0.1) is 0 Å². The highest BCUT2D eigenvalue weighted by Crippen LogP contribution is 2.32. The summed E-state index contributed by atoms with van der Waals surface area (Å²) in [7, 11) is -3.73. The molecule has 0 bridgehead atoms. The number of nitrogens with one attached hydrogen (secondary N) is 3. The zero-order valence-corrected chi connectivity index (χ0v) is 17.3. The Morgan fingerprint density at radius 1 is 0.967 bits per heavy atom. The molecule has 9 nitrogen and oxygen atoms in total. The highest BCUT2D eigenvalue weighted by molar-refractivity contribution is 7.89. The van der Waals surface area contributed by atoms with Crippen LogP contribution in [0.3, 0.4) is 0 Å². The maximum atomic E-state index is 12.3. The Balaban J connectivity index is 1.23. The molecule has 2 heterocycles. The molecule has 0 aromatic heterocycles. The Kier molecular flexibility index (Phi) is 5.91. The van der Waals surface area contributed by atoms with E-state index >= 15 is 0 Å². The standard InChI is InChI=1S/C20H24N4O5S/c21-30(26,27)17-4-2-16(3-5-17)22-20(25)13-24-9-7-23(8-10-24)12-15-1-6-18-19(11-15)29-14-28-18/h1-6,11H,7-10,12-14H2,(H,22,25)(H2,21,26,27)/p+2. The molecule has 0 aliphatic carbocycles. The Morgan fingerprint density at radius 3 is 2.33 bits per heavy atom. The number of primary sulfonamides is 1. The Bertz CT molecular complexity index is 1020. The van der Waals surface area contributed by atoms with E-state index < -0.39 is 10.0 Å². The normalized spacial score (nSPS) is 20.7. The second kappa shape index (κ2) is 8.60. The zero-order chi connectivity index (χ0) is 21.1. The Morgan fingerprint density at radius 2 is 1.63 bits per heavy atom. The average Bonchev–Trinajstić information content (AvgIpc) is 3.17. The summed E-state index contributed by atoms with van der Waals surface area (Å²) in [5.41, 5.74) is 1.78. The number of nitrogens with two attached hydrogens (primary N) is 1. The predicted molar refractivity (Wildman–Crippen MR) is 109 cm³/mol. The van der Waals surface area contributed by atoms with Crippen LogP contribution in [0.5, 0.6) is 11.5 Å². The van der Waals surface area contributed by atoms with Crippen LogP contribution in [0.25, 0.3) is 0 Å². The second-order valence-corrected chi connectivity index (χ2v) is 9.22. The fraction of sp³-hybridized carbons (Fsp3) is 0.350. The molecule has 1 amide bonds. The number of amides is 1. The van der Waals surface area contributed by atoms with E-state index in [9.17, 15) is 13.2 Å². The number of hydrogen-bond acceptors (Lipinski definition) is 5. The number of sulfonamides is 1. The Labute approximate surface area is 175 Å². The summed E-state index contributed by atoms with van der Waals surface area (Å²) in [5.74, 6) is 1.52. The van der Waals surface area contributed by atoms with E-state index in [0.717, 1.165) is 44.2 Å². The summed E-state index contributed by atoms with van der Waals surface area (Å²) in [6.07, 6.45) is 0. The largest absolute Gasteiger partial charge is 0.454 e. The number of benzene rings is 2. The van der Waals surface area contributed by atoms with Crippen LogP contribution in [0.2, 0.25) is 0 Å². The maximum Gasteiger partial charge on any atom is 0.279 e. The second-order valence-electron chi connectivity index (χ2n) is 7.66. The summed E-state index contributed by atoms with van der Waals surface area (Å²) in [6, 6.07) is 11.9. The third-order valence-electron chi connectivity index (χ3n) is 5.43. The van der Waals surface area contributed by atoms with Crippen LogP contribution >= 0.6 is 0 Å². The minimum absolute atomic E-state index is 0.0210. The lowest BCUT2D eigenvalue weighted by atomic mass is 10.1. The number of quaternary nitrogens is 2. The van der Waals surface area contributed by atoms with Gasteiger partial charge in [-0.05, 0) is 42.5 Å². The van der Waals surface area contributed by atoms with Crippen LogP contribution in [0.15, 0.2) is 47.4 Å². The predicted octanol–water partition coefficient (Wildman–Crippen LogP) is -2.02. The van der Waals surface area contributed by atoms with Gasteiger partial charge >= 0.3 is 0 Å². The maximum absolute atomic E-state index is 12.3. The molecule has 0 spiro atoms. The summed E-state index contributed by atoms with van der Waals surface area (Å²) in [6.45, 7) is 5.39. The monoisotopic (exact) mass is 434 g/mol. The van der Waals surface area contributed by atoms with Gasteiger partial charge in [-0.1, -0.05) is 0 Å². The molecule has 1 fully saturated rings. The quantitative estimate of drug-likeness (QED) is 0.419. The van der Waals surface area contributed by atoms with Crippen molar-refractivity contribution in [2.75, 3.05) is 44.8 Å². The van der Waals surface area contributed by atoms with Gasteiger partial charge in [0.1, 0.15) is 32.7 Å². The third kappa shape index (κ3) is 5.08. The van der Waals surface area contributed by atoms with Gasteiger partial charge in [-0.15, -0.1) is 0 Å². The molecule has 5 N–H and O–H groups in total. The lowest BCUT2D eigenvalue weighted by molar-refractivity contribution is -1.02. The smallest absolute Gasteiger partial charge is 0.279 e. The first kappa shape index (κ1) is 20.6. The van der Waals surface area contributed by atoms with E-state index in [-0.39, 0.29) is 17.6 Å². The van der Waals surface area contributed by atoms with E-state index in [1.807, 2.05) is 12.1 Å². The fourth-order valence-electron chi connectivity index (χ4n) is 3.81. The van der Waals surface area contributed by atoms with Crippen molar-refractivity contribution in [3.05, 3.63) is 48.0 Å². The summed E-state index contributed by atoms with van der Waals surface area (Å²) in [5, 5.41) is 7.90. The first-order valence-corrected chi connectivity index (χ1v) is 11.4. The van der Waals surface area contributed by atoms with Gasteiger partial charge in [0.2, 0.25) is 16.8 Å². The molecule has 10 heteroatoms. The summed E-state index contributed by atoms with van der Waals surface area (Å²) in [4.78, 5) is 15.1. The van der Waals surface area contributed by atoms with Crippen molar-refractivity contribution in [3.63, 3.8) is 0 Å². The zero-order valence-electron chi connectivity index (χ0n) is 16.5. The van der Waals surface area contributed by atoms with Crippen molar-refractivity contribution in [2.24, 2.45) is 5.14 Å². The van der Waals surface area contributed by atoms with Crippen LogP contribution in [-0.2, 0) is 21.4 Å². The van der Waals surface area contributed by atoms with Crippen molar-refractivity contribution in [2.45, 2.75) is 11.4 Å². The minimum atomic E-state index is -3.73. The Hall–Kier alpha value is -2.66.